The minimum absolute atomic E-state index is 0.202. The van der Waals surface area contributed by atoms with Crippen molar-refractivity contribution < 1.29 is 4.42 Å². The Labute approximate surface area is 107 Å². The third kappa shape index (κ3) is 1.77. The van der Waals surface area contributed by atoms with Gasteiger partial charge in [-0.25, -0.2) is 0 Å². The summed E-state index contributed by atoms with van der Waals surface area (Å²) in [5.41, 5.74) is 8.53. The average Bonchev–Trinajstić information content (AvgIpc) is 2.80. The maximum atomic E-state index is 6.04. The van der Waals surface area contributed by atoms with E-state index in [9.17, 15) is 0 Å². The average molecular weight is 292 g/mol. The monoisotopic (exact) mass is 291 g/mol. The molecule has 0 bridgehead atoms. The largest absolute Gasteiger partial charge is 0.460 e. The third-order valence-electron chi connectivity index (χ3n) is 2.64. The van der Waals surface area contributed by atoms with Crippen molar-refractivity contribution in [3.05, 3.63) is 47.4 Å². The van der Waals surface area contributed by atoms with E-state index in [1.54, 1.807) is 12.5 Å². The summed E-state index contributed by atoms with van der Waals surface area (Å²) in [6.45, 7) is 0. The highest BCUT2D eigenvalue weighted by atomic mass is 79.9. The maximum Gasteiger partial charge on any atom is 0.175 e. The topological polar surface area (TPSA) is 55.3 Å². The molecule has 1 unspecified atom stereocenters. The van der Waals surface area contributed by atoms with Crippen molar-refractivity contribution >= 4 is 32.7 Å². The van der Waals surface area contributed by atoms with Gasteiger partial charge in [0.25, 0.3) is 0 Å². The number of aromatic nitrogens is 1. The minimum atomic E-state index is -0.202. The lowest BCUT2D eigenvalue weighted by molar-refractivity contribution is 0.613. The molecule has 17 heavy (non-hydrogen) atoms. The first kappa shape index (κ1) is 10.6. The summed E-state index contributed by atoms with van der Waals surface area (Å²) >= 11 is 3.44. The molecule has 5 heteroatoms. The van der Waals surface area contributed by atoms with E-state index in [2.05, 4.69) is 20.9 Å². The van der Waals surface area contributed by atoms with Crippen LogP contribution in [0.4, 0.5) is 5.69 Å². The number of rotatable bonds is 1. The number of hydrogen-bond acceptors (Lipinski definition) is 4. The molecule has 2 aromatic rings. The van der Waals surface area contributed by atoms with Crippen LogP contribution >= 0.6 is 15.9 Å². The van der Waals surface area contributed by atoms with Crippen LogP contribution in [0.3, 0.4) is 0 Å². The molecule has 0 amide bonds. The molecule has 0 aromatic carbocycles. The van der Waals surface area contributed by atoms with Crippen LogP contribution in [-0.4, -0.2) is 11.1 Å². The zero-order valence-corrected chi connectivity index (χ0v) is 10.5. The molecule has 86 valence electrons. The first-order chi connectivity index (χ1) is 8.25. The second-order valence-electron chi connectivity index (χ2n) is 3.74. The van der Waals surface area contributed by atoms with Gasteiger partial charge >= 0.3 is 0 Å². The smallest absolute Gasteiger partial charge is 0.175 e. The number of furan rings is 1. The van der Waals surface area contributed by atoms with Crippen molar-refractivity contribution in [2.75, 3.05) is 4.90 Å². The van der Waals surface area contributed by atoms with E-state index in [1.807, 2.05) is 35.4 Å². The molecule has 4 nitrogen and oxygen atoms in total. The van der Waals surface area contributed by atoms with Gasteiger partial charge in [0.2, 0.25) is 0 Å². The first-order valence-electron chi connectivity index (χ1n) is 5.17. The summed E-state index contributed by atoms with van der Waals surface area (Å²) in [7, 11) is 0. The summed E-state index contributed by atoms with van der Waals surface area (Å²) in [5.74, 6) is 0. The zero-order chi connectivity index (χ0) is 11.8. The predicted octanol–water partition coefficient (Wildman–Crippen LogP) is 2.73. The molecule has 0 aliphatic carbocycles. The lowest BCUT2D eigenvalue weighted by Crippen LogP contribution is -2.38. The fraction of sp³-hybridized carbons (Fsp3) is 0.0833. The molecule has 0 saturated heterocycles. The van der Waals surface area contributed by atoms with E-state index in [4.69, 9.17) is 10.2 Å². The Balaban J connectivity index is 2.15. The van der Waals surface area contributed by atoms with Crippen molar-refractivity contribution in [2.24, 2.45) is 5.73 Å². The lowest BCUT2D eigenvalue weighted by atomic mass is 10.2. The molecular formula is C12H10BrN3O. The molecular weight excluding hydrogens is 282 g/mol. The molecule has 1 aliphatic heterocycles. The van der Waals surface area contributed by atoms with E-state index in [0.29, 0.717) is 0 Å². The molecule has 0 spiro atoms. The van der Waals surface area contributed by atoms with Gasteiger partial charge in [0.1, 0.15) is 11.7 Å². The number of allylic oxidation sites excluding steroid dienone is 2. The predicted molar refractivity (Wildman–Crippen MR) is 70.6 cm³/mol. The van der Waals surface area contributed by atoms with Gasteiger partial charge in [-0.15, -0.1) is 0 Å². The molecule has 2 N–H and O–H groups in total. The van der Waals surface area contributed by atoms with Gasteiger partial charge in [-0.1, -0.05) is 0 Å². The van der Waals surface area contributed by atoms with Gasteiger partial charge in [-0.3, -0.25) is 4.98 Å². The maximum absolute atomic E-state index is 6.04. The Morgan fingerprint density at radius 2 is 2.29 bits per heavy atom. The molecule has 2 aromatic heterocycles. The van der Waals surface area contributed by atoms with Crippen LogP contribution < -0.4 is 10.6 Å². The van der Waals surface area contributed by atoms with E-state index in [-0.39, 0.29) is 6.17 Å². The van der Waals surface area contributed by atoms with Gasteiger partial charge in [-0.2, -0.15) is 0 Å². The van der Waals surface area contributed by atoms with Crippen molar-refractivity contribution in [2.45, 2.75) is 6.17 Å². The van der Waals surface area contributed by atoms with Crippen LogP contribution in [0.1, 0.15) is 0 Å². The van der Waals surface area contributed by atoms with E-state index in [1.165, 1.54) is 0 Å². The van der Waals surface area contributed by atoms with Gasteiger partial charge in [-0.05, 0) is 34.1 Å². The van der Waals surface area contributed by atoms with Crippen LogP contribution in [0.15, 0.2) is 51.8 Å². The third-order valence-corrected chi connectivity index (χ3v) is 3.11. The Kier molecular flexibility index (Phi) is 2.49. The van der Waals surface area contributed by atoms with Gasteiger partial charge < -0.3 is 15.1 Å². The SMILES string of the molecule is NC1C=CC(Br)=CN1c1ccnc2ccoc12. The molecule has 0 radical (unpaired) electrons. The van der Waals surface area contributed by atoms with Gasteiger partial charge in [0, 0.05) is 22.9 Å². The number of hydrogen-bond donors (Lipinski definition) is 1. The van der Waals surface area contributed by atoms with Crippen molar-refractivity contribution in [3.8, 4) is 0 Å². The minimum Gasteiger partial charge on any atom is -0.460 e. The normalized spacial score (nSPS) is 19.8. The van der Waals surface area contributed by atoms with Gasteiger partial charge in [0.15, 0.2) is 5.58 Å². The molecule has 1 atom stereocenters. The second-order valence-corrected chi connectivity index (χ2v) is 4.65. The highest BCUT2D eigenvalue weighted by Gasteiger charge is 2.18. The molecule has 3 rings (SSSR count). The second kappa shape index (κ2) is 4.01. The Morgan fingerprint density at radius 1 is 1.41 bits per heavy atom. The zero-order valence-electron chi connectivity index (χ0n) is 8.88. The molecule has 0 saturated carbocycles. The van der Waals surface area contributed by atoms with Crippen LogP contribution in [0.5, 0.6) is 0 Å². The Morgan fingerprint density at radius 3 is 3.18 bits per heavy atom. The van der Waals surface area contributed by atoms with Crippen molar-refractivity contribution in [1.29, 1.82) is 0 Å². The van der Waals surface area contributed by atoms with Crippen LogP contribution in [0, 0.1) is 0 Å². The summed E-state index contributed by atoms with van der Waals surface area (Å²) < 4.78 is 6.43. The van der Waals surface area contributed by atoms with E-state index < -0.39 is 0 Å². The van der Waals surface area contributed by atoms with E-state index in [0.717, 1.165) is 21.3 Å². The number of halogens is 1. The number of nitrogens with zero attached hydrogens (tertiary/aromatic N) is 2. The number of anilines is 1. The van der Waals surface area contributed by atoms with Gasteiger partial charge in [0.05, 0.1) is 12.0 Å². The van der Waals surface area contributed by atoms with Crippen LogP contribution in [0.2, 0.25) is 0 Å². The number of pyridine rings is 1. The fourth-order valence-electron chi connectivity index (χ4n) is 1.84. The Hall–Kier alpha value is -1.59. The van der Waals surface area contributed by atoms with Crippen molar-refractivity contribution in [1.82, 2.24) is 4.98 Å². The lowest BCUT2D eigenvalue weighted by Gasteiger charge is -2.28. The molecule has 0 fully saturated rings. The summed E-state index contributed by atoms with van der Waals surface area (Å²) in [6.07, 6.45) is 8.96. The van der Waals surface area contributed by atoms with E-state index >= 15 is 0 Å². The molecule has 3 heterocycles. The summed E-state index contributed by atoms with van der Waals surface area (Å²) in [4.78, 5) is 6.17. The van der Waals surface area contributed by atoms with Crippen molar-refractivity contribution in [3.63, 3.8) is 0 Å². The molecule has 1 aliphatic rings. The van der Waals surface area contributed by atoms with Crippen LogP contribution in [-0.2, 0) is 0 Å². The highest BCUT2D eigenvalue weighted by Crippen LogP contribution is 2.30. The first-order valence-corrected chi connectivity index (χ1v) is 5.96. The highest BCUT2D eigenvalue weighted by molar-refractivity contribution is 9.11. The number of fused-ring (bicyclic) bond motifs is 1. The summed E-state index contributed by atoms with van der Waals surface area (Å²) in [6, 6.07) is 3.73. The fourth-order valence-corrected chi connectivity index (χ4v) is 2.21. The van der Waals surface area contributed by atoms with Crippen LogP contribution in [0.25, 0.3) is 11.1 Å². The quantitative estimate of drug-likeness (QED) is 0.878. The Bertz CT molecular complexity index is 617. The number of nitrogens with two attached hydrogens (primary N) is 1. The summed E-state index contributed by atoms with van der Waals surface area (Å²) in [5, 5.41) is 0. The standard InChI is InChI=1S/C12H10BrN3O/c13-8-1-2-11(14)16(7-8)10-3-5-15-9-4-6-17-12(9)10/h1-7,11H,14H2.